The number of aryl methyl sites for hydroxylation is 3. The Morgan fingerprint density at radius 2 is 1.90 bits per heavy atom. The van der Waals surface area contributed by atoms with Crippen molar-refractivity contribution in [1.82, 2.24) is 10.3 Å². The smallest absolute Gasteiger partial charge is 0.292 e. The van der Waals surface area contributed by atoms with E-state index in [4.69, 9.17) is 9.05 Å². The quantitative estimate of drug-likeness (QED) is 0.432. The fourth-order valence-corrected chi connectivity index (χ4v) is 4.26. The summed E-state index contributed by atoms with van der Waals surface area (Å²) in [5, 5.41) is 11.6. The van der Waals surface area contributed by atoms with E-state index in [0.717, 1.165) is 33.8 Å². The van der Waals surface area contributed by atoms with Crippen LogP contribution >= 0.6 is 15.9 Å². The molecule has 2 aromatic heterocycles. The van der Waals surface area contributed by atoms with Crippen molar-refractivity contribution >= 4 is 38.6 Å². The van der Waals surface area contributed by atoms with Crippen LogP contribution in [0.1, 0.15) is 40.1 Å². The zero-order chi connectivity index (χ0) is 20.0. The zero-order valence-electron chi connectivity index (χ0n) is 15.8. The first-order chi connectivity index (χ1) is 14.1. The molecule has 0 spiro atoms. The van der Waals surface area contributed by atoms with Crippen LogP contribution in [0.4, 0.5) is 5.82 Å². The Hall–Kier alpha value is -2.93. The number of rotatable bonds is 3. The third-order valence-corrected chi connectivity index (χ3v) is 5.94. The number of nitrogens with one attached hydrogen (secondary N) is 1. The van der Waals surface area contributed by atoms with Crippen molar-refractivity contribution in [3.05, 3.63) is 63.3 Å². The Labute approximate surface area is 175 Å². The van der Waals surface area contributed by atoms with Gasteiger partial charge in [-0.1, -0.05) is 28.1 Å². The predicted octanol–water partition coefficient (Wildman–Crippen LogP) is 5.68. The van der Waals surface area contributed by atoms with Crippen LogP contribution in [0.3, 0.4) is 0 Å². The van der Waals surface area contributed by atoms with Crippen molar-refractivity contribution in [2.24, 2.45) is 0 Å². The van der Waals surface area contributed by atoms with Gasteiger partial charge in [0.15, 0.2) is 11.5 Å². The first kappa shape index (κ1) is 18.1. The lowest BCUT2D eigenvalue weighted by Gasteiger charge is -2.16. The van der Waals surface area contributed by atoms with Crippen LogP contribution in [0.25, 0.3) is 22.2 Å². The summed E-state index contributed by atoms with van der Waals surface area (Å²) in [7, 11) is 0. The van der Waals surface area contributed by atoms with E-state index >= 15 is 0 Å². The third-order valence-electron chi connectivity index (χ3n) is 5.45. The number of benzene rings is 2. The molecule has 2 heterocycles. The van der Waals surface area contributed by atoms with Gasteiger partial charge in [-0.15, -0.1) is 0 Å². The summed E-state index contributed by atoms with van der Waals surface area (Å²) in [6.45, 7) is 1.86. The lowest BCUT2D eigenvalue weighted by atomic mass is 9.90. The van der Waals surface area contributed by atoms with Gasteiger partial charge in [0.1, 0.15) is 5.58 Å². The van der Waals surface area contributed by atoms with Gasteiger partial charge in [0, 0.05) is 21.0 Å². The van der Waals surface area contributed by atoms with Crippen LogP contribution in [0.15, 0.2) is 49.9 Å². The minimum absolute atomic E-state index is 0.248. The molecule has 2 aromatic carbocycles. The highest BCUT2D eigenvalue weighted by Gasteiger charge is 2.22. The van der Waals surface area contributed by atoms with Gasteiger partial charge in [-0.3, -0.25) is 10.1 Å². The molecule has 5 rings (SSSR count). The molecule has 6 nitrogen and oxygen atoms in total. The van der Waals surface area contributed by atoms with E-state index in [1.807, 2.05) is 31.2 Å². The number of amides is 1. The van der Waals surface area contributed by atoms with Gasteiger partial charge in [0.05, 0.1) is 0 Å². The number of nitrogens with zero attached hydrogens (tertiary/aromatic N) is 2. The highest BCUT2D eigenvalue weighted by molar-refractivity contribution is 9.10. The van der Waals surface area contributed by atoms with E-state index in [0.29, 0.717) is 11.3 Å². The predicted molar refractivity (Wildman–Crippen MR) is 113 cm³/mol. The number of furan rings is 1. The highest BCUT2D eigenvalue weighted by atomic mass is 79.9. The zero-order valence-corrected chi connectivity index (χ0v) is 17.4. The van der Waals surface area contributed by atoms with Gasteiger partial charge in [-0.25, -0.2) is 4.63 Å². The van der Waals surface area contributed by atoms with Crippen LogP contribution in [0, 0.1) is 6.92 Å². The summed E-state index contributed by atoms with van der Waals surface area (Å²) in [5.74, 6) is 0.147. The van der Waals surface area contributed by atoms with E-state index in [1.165, 1.54) is 24.0 Å². The van der Waals surface area contributed by atoms with Crippen molar-refractivity contribution < 1.29 is 13.8 Å². The molecule has 0 unspecified atom stereocenters. The lowest BCUT2D eigenvalue weighted by Crippen LogP contribution is -2.13. The standard InChI is InChI=1S/C22H18BrN3O3/c1-12-17-9-8-16(23)11-18(17)28-20(12)22(27)24-21-19(25-29-26-21)15-7-6-13-4-2-3-5-14(13)10-15/h6-11H,2-5H2,1H3,(H,24,26,27). The molecule has 1 aliphatic rings. The van der Waals surface area contributed by atoms with Crippen molar-refractivity contribution in [2.45, 2.75) is 32.6 Å². The molecule has 4 aromatic rings. The third kappa shape index (κ3) is 3.25. The molecule has 1 aliphatic carbocycles. The van der Waals surface area contributed by atoms with Gasteiger partial charge >= 0.3 is 0 Å². The molecule has 0 saturated carbocycles. The Morgan fingerprint density at radius 1 is 1.07 bits per heavy atom. The monoisotopic (exact) mass is 451 g/mol. The molecule has 0 radical (unpaired) electrons. The molecule has 1 N–H and O–H groups in total. The maximum absolute atomic E-state index is 12.9. The second kappa shape index (κ2) is 7.15. The number of fused-ring (bicyclic) bond motifs is 2. The molecule has 0 fully saturated rings. The van der Waals surface area contributed by atoms with Crippen LogP contribution in [-0.4, -0.2) is 16.2 Å². The second-order valence-corrected chi connectivity index (χ2v) is 8.22. The van der Waals surface area contributed by atoms with E-state index in [9.17, 15) is 4.79 Å². The number of halogens is 1. The van der Waals surface area contributed by atoms with Crippen molar-refractivity contribution in [3.63, 3.8) is 0 Å². The van der Waals surface area contributed by atoms with Crippen molar-refractivity contribution in [3.8, 4) is 11.3 Å². The Morgan fingerprint density at radius 3 is 2.76 bits per heavy atom. The molecule has 1 amide bonds. The van der Waals surface area contributed by atoms with E-state index in [1.54, 1.807) is 0 Å². The minimum Gasteiger partial charge on any atom is -0.451 e. The number of hydrogen-bond acceptors (Lipinski definition) is 5. The van der Waals surface area contributed by atoms with Crippen LogP contribution < -0.4 is 5.32 Å². The maximum atomic E-state index is 12.9. The Bertz CT molecular complexity index is 1240. The van der Waals surface area contributed by atoms with Crippen molar-refractivity contribution in [2.75, 3.05) is 5.32 Å². The Kier molecular flexibility index (Phi) is 4.47. The Balaban J connectivity index is 1.46. The van der Waals surface area contributed by atoms with Gasteiger partial charge in [0.2, 0.25) is 5.82 Å². The molecular weight excluding hydrogens is 434 g/mol. The highest BCUT2D eigenvalue weighted by Crippen LogP contribution is 2.31. The summed E-state index contributed by atoms with van der Waals surface area (Å²) in [6.07, 6.45) is 4.59. The number of hydrogen-bond donors (Lipinski definition) is 1. The minimum atomic E-state index is -0.385. The summed E-state index contributed by atoms with van der Waals surface area (Å²) in [4.78, 5) is 12.9. The average Bonchev–Trinajstić information content (AvgIpc) is 3.31. The number of carbonyl (C=O) groups excluding carboxylic acids is 1. The fraction of sp³-hybridized carbons (Fsp3) is 0.227. The molecule has 146 valence electrons. The van der Waals surface area contributed by atoms with Gasteiger partial charge in [0.25, 0.3) is 5.91 Å². The lowest BCUT2D eigenvalue weighted by molar-refractivity contribution is 0.0997. The largest absolute Gasteiger partial charge is 0.451 e. The molecule has 0 atom stereocenters. The number of carbonyl (C=O) groups is 1. The van der Waals surface area contributed by atoms with Gasteiger partial charge in [-0.05, 0) is 78.3 Å². The van der Waals surface area contributed by atoms with Crippen LogP contribution in [0.2, 0.25) is 0 Å². The molecule has 0 bridgehead atoms. The molecule has 7 heteroatoms. The normalized spacial score (nSPS) is 13.4. The first-order valence-corrected chi connectivity index (χ1v) is 10.3. The SMILES string of the molecule is Cc1c(C(=O)Nc2nonc2-c2ccc3c(c2)CCCC3)oc2cc(Br)ccc12. The van der Waals surface area contributed by atoms with E-state index in [2.05, 4.69) is 43.7 Å². The van der Waals surface area contributed by atoms with Crippen molar-refractivity contribution in [1.29, 1.82) is 0 Å². The van der Waals surface area contributed by atoms with Gasteiger partial charge in [-0.2, -0.15) is 0 Å². The summed E-state index contributed by atoms with van der Waals surface area (Å²) in [6, 6.07) is 11.9. The van der Waals surface area contributed by atoms with Gasteiger partial charge < -0.3 is 4.42 Å². The first-order valence-electron chi connectivity index (χ1n) is 9.55. The van der Waals surface area contributed by atoms with E-state index in [-0.39, 0.29) is 17.5 Å². The fourth-order valence-electron chi connectivity index (χ4n) is 3.92. The summed E-state index contributed by atoms with van der Waals surface area (Å²) >= 11 is 3.42. The molecule has 0 aliphatic heterocycles. The maximum Gasteiger partial charge on any atom is 0.292 e. The average molecular weight is 452 g/mol. The topological polar surface area (TPSA) is 81.2 Å². The molecule has 0 saturated heterocycles. The molecule has 29 heavy (non-hydrogen) atoms. The summed E-state index contributed by atoms with van der Waals surface area (Å²) < 4.78 is 11.6. The van der Waals surface area contributed by atoms with Crippen LogP contribution in [-0.2, 0) is 12.8 Å². The second-order valence-electron chi connectivity index (χ2n) is 7.30. The summed E-state index contributed by atoms with van der Waals surface area (Å²) in [5.41, 5.74) is 5.53. The van der Waals surface area contributed by atoms with E-state index < -0.39 is 0 Å². The van der Waals surface area contributed by atoms with Crippen LogP contribution in [0.5, 0.6) is 0 Å². The number of anilines is 1. The number of aromatic nitrogens is 2. The molecular formula is C22H18BrN3O3.